The molecule has 2 rings (SSSR count). The number of H-pyrrole nitrogens is 1. The van der Waals surface area contributed by atoms with Gasteiger partial charge in [-0.2, -0.15) is 0 Å². The van der Waals surface area contributed by atoms with Gasteiger partial charge in [-0.3, -0.25) is 0 Å². The second kappa shape index (κ2) is 3.95. The molecule has 1 nitrogen and oxygen atoms in total. The molecule has 0 aliphatic carbocycles. The lowest BCUT2D eigenvalue weighted by Crippen LogP contribution is -1.95. The van der Waals surface area contributed by atoms with E-state index in [1.165, 1.54) is 11.1 Å². The third-order valence-corrected chi connectivity index (χ3v) is 2.70. The molecular weight excluding hydrogens is 261 g/mol. The average Bonchev–Trinajstić information content (AvgIpc) is 2.44. The summed E-state index contributed by atoms with van der Waals surface area (Å²) in [6.45, 7) is 2.14. The summed E-state index contributed by atoms with van der Waals surface area (Å²) >= 11 is 9.45. The van der Waals surface area contributed by atoms with Crippen molar-refractivity contribution >= 4 is 38.4 Å². The minimum Gasteiger partial charge on any atom is -0.358 e. The van der Waals surface area contributed by atoms with Crippen LogP contribution < -0.4 is 0 Å². The van der Waals surface area contributed by atoms with E-state index in [9.17, 15) is 0 Å². The van der Waals surface area contributed by atoms with Crippen molar-refractivity contribution in [3.05, 3.63) is 35.0 Å². The predicted octanol–water partition coefficient (Wildman–Crippen LogP) is 4.15. The molecule has 1 heterocycles. The Morgan fingerprint density at radius 3 is 2.93 bits per heavy atom. The predicted molar refractivity (Wildman–Crippen MR) is 65.4 cm³/mol. The highest BCUT2D eigenvalue weighted by atomic mass is 79.9. The Kier molecular flexibility index (Phi) is 2.84. The minimum absolute atomic E-state index is 0.492. The Morgan fingerprint density at radius 1 is 1.43 bits per heavy atom. The van der Waals surface area contributed by atoms with Gasteiger partial charge in [0, 0.05) is 26.4 Å². The number of alkyl halides is 1. The van der Waals surface area contributed by atoms with Gasteiger partial charge in [0.05, 0.1) is 0 Å². The van der Waals surface area contributed by atoms with Crippen molar-refractivity contribution in [2.75, 3.05) is 0 Å². The fourth-order valence-electron chi connectivity index (χ4n) is 1.58. The van der Waals surface area contributed by atoms with Crippen LogP contribution in [0.1, 0.15) is 12.6 Å². The molecule has 3 heteroatoms. The first-order chi connectivity index (χ1) is 6.65. The summed E-state index contributed by atoms with van der Waals surface area (Å²) in [5, 5.41) is 1.97. The van der Waals surface area contributed by atoms with Crippen LogP contribution in [-0.2, 0) is 6.42 Å². The molecule has 0 saturated carbocycles. The van der Waals surface area contributed by atoms with Gasteiger partial charge in [-0.25, -0.2) is 0 Å². The number of nitrogens with one attached hydrogen (secondary N) is 1. The molecule has 0 fully saturated rings. The lowest BCUT2D eigenvalue weighted by molar-refractivity contribution is 0.930. The Balaban J connectivity index is 2.41. The Bertz CT molecular complexity index is 447. The van der Waals surface area contributed by atoms with Gasteiger partial charge < -0.3 is 4.98 Å². The van der Waals surface area contributed by atoms with Gasteiger partial charge in [-0.15, -0.1) is 0 Å². The zero-order valence-corrected chi connectivity index (χ0v) is 10.2. The van der Waals surface area contributed by atoms with Crippen LogP contribution in [0.4, 0.5) is 0 Å². The van der Waals surface area contributed by atoms with Gasteiger partial charge >= 0.3 is 0 Å². The highest BCUT2D eigenvalue weighted by molar-refractivity contribution is 9.09. The standard InChI is InChI=1S/C11H11BrClN/c1-7(12)4-10-6-8-5-9(13)2-3-11(8)14-10/h2-3,5-7,14H,4H2,1H3. The van der Waals surface area contributed by atoms with Crippen LogP contribution in [0.3, 0.4) is 0 Å². The molecule has 0 aliphatic rings. The first kappa shape index (κ1) is 10.1. The quantitative estimate of drug-likeness (QED) is 0.791. The molecule has 0 amide bonds. The number of benzene rings is 1. The van der Waals surface area contributed by atoms with E-state index >= 15 is 0 Å². The fraction of sp³-hybridized carbons (Fsp3) is 0.273. The lowest BCUT2D eigenvalue weighted by Gasteiger charge is -1.98. The van der Waals surface area contributed by atoms with Gasteiger partial charge in [0.1, 0.15) is 0 Å². The average molecular weight is 273 g/mol. The monoisotopic (exact) mass is 271 g/mol. The van der Waals surface area contributed by atoms with E-state index in [2.05, 4.69) is 33.9 Å². The number of hydrogen-bond donors (Lipinski definition) is 1. The summed E-state index contributed by atoms with van der Waals surface area (Å²) in [5.41, 5.74) is 2.39. The van der Waals surface area contributed by atoms with Gasteiger partial charge in [-0.1, -0.05) is 34.5 Å². The van der Waals surface area contributed by atoms with Crippen molar-refractivity contribution < 1.29 is 0 Å². The van der Waals surface area contributed by atoms with Gasteiger partial charge in [0.25, 0.3) is 0 Å². The lowest BCUT2D eigenvalue weighted by atomic mass is 10.2. The summed E-state index contributed by atoms with van der Waals surface area (Å²) < 4.78 is 0. The van der Waals surface area contributed by atoms with Crippen LogP contribution in [0.2, 0.25) is 5.02 Å². The zero-order valence-electron chi connectivity index (χ0n) is 7.85. The highest BCUT2D eigenvalue weighted by Gasteiger charge is 2.03. The van der Waals surface area contributed by atoms with Crippen LogP contribution >= 0.6 is 27.5 Å². The molecule has 1 aromatic heterocycles. The molecule has 0 saturated heterocycles. The number of fused-ring (bicyclic) bond motifs is 1. The summed E-state index contributed by atoms with van der Waals surface area (Å²) in [6.07, 6.45) is 1.01. The van der Waals surface area contributed by atoms with Crippen molar-refractivity contribution in [2.24, 2.45) is 0 Å². The summed E-state index contributed by atoms with van der Waals surface area (Å²) in [5.74, 6) is 0. The summed E-state index contributed by atoms with van der Waals surface area (Å²) in [6, 6.07) is 8.05. The van der Waals surface area contributed by atoms with Gasteiger partial charge in [0.15, 0.2) is 0 Å². The Morgan fingerprint density at radius 2 is 2.21 bits per heavy atom. The van der Waals surface area contributed by atoms with Crippen molar-refractivity contribution in [3.8, 4) is 0 Å². The fourth-order valence-corrected chi connectivity index (χ4v) is 2.11. The van der Waals surface area contributed by atoms with E-state index in [4.69, 9.17) is 11.6 Å². The molecule has 0 radical (unpaired) electrons. The molecule has 0 aliphatic heterocycles. The van der Waals surface area contributed by atoms with E-state index in [1.54, 1.807) is 0 Å². The van der Waals surface area contributed by atoms with Crippen molar-refractivity contribution in [3.63, 3.8) is 0 Å². The molecule has 0 bridgehead atoms. The van der Waals surface area contributed by atoms with Crippen LogP contribution in [0.15, 0.2) is 24.3 Å². The molecule has 1 unspecified atom stereocenters. The van der Waals surface area contributed by atoms with Crippen LogP contribution in [0, 0.1) is 0 Å². The molecule has 1 N–H and O–H groups in total. The van der Waals surface area contributed by atoms with Crippen molar-refractivity contribution in [1.82, 2.24) is 4.98 Å². The number of aromatic nitrogens is 1. The molecule has 74 valence electrons. The smallest absolute Gasteiger partial charge is 0.0457 e. The van der Waals surface area contributed by atoms with Crippen LogP contribution in [-0.4, -0.2) is 9.81 Å². The van der Waals surface area contributed by atoms with E-state index in [1.807, 2.05) is 18.2 Å². The van der Waals surface area contributed by atoms with Crippen molar-refractivity contribution in [2.45, 2.75) is 18.2 Å². The maximum Gasteiger partial charge on any atom is 0.0457 e. The van der Waals surface area contributed by atoms with Gasteiger partial charge in [-0.05, 0) is 30.7 Å². The van der Waals surface area contributed by atoms with Crippen LogP contribution in [0.25, 0.3) is 10.9 Å². The third kappa shape index (κ3) is 2.12. The first-order valence-electron chi connectivity index (χ1n) is 4.56. The number of aromatic amines is 1. The minimum atomic E-state index is 0.492. The number of hydrogen-bond acceptors (Lipinski definition) is 0. The summed E-state index contributed by atoms with van der Waals surface area (Å²) in [7, 11) is 0. The largest absolute Gasteiger partial charge is 0.358 e. The third-order valence-electron chi connectivity index (χ3n) is 2.14. The van der Waals surface area contributed by atoms with Crippen LogP contribution in [0.5, 0.6) is 0 Å². The molecule has 1 aromatic carbocycles. The number of rotatable bonds is 2. The van der Waals surface area contributed by atoms with E-state index in [-0.39, 0.29) is 0 Å². The molecule has 2 aromatic rings. The molecule has 1 atom stereocenters. The molecule has 0 spiro atoms. The number of halogens is 2. The zero-order chi connectivity index (χ0) is 10.1. The topological polar surface area (TPSA) is 15.8 Å². The summed E-state index contributed by atoms with van der Waals surface area (Å²) in [4.78, 5) is 3.86. The Hall–Kier alpha value is -0.470. The van der Waals surface area contributed by atoms with E-state index in [0.29, 0.717) is 4.83 Å². The van der Waals surface area contributed by atoms with E-state index in [0.717, 1.165) is 17.0 Å². The second-order valence-corrected chi connectivity index (χ2v) is 5.51. The normalized spacial score (nSPS) is 13.4. The van der Waals surface area contributed by atoms with Crippen molar-refractivity contribution in [1.29, 1.82) is 0 Å². The SMILES string of the molecule is CC(Br)Cc1cc2cc(Cl)ccc2[nH]1. The maximum absolute atomic E-state index is 5.91. The molecular formula is C11H11BrClN. The first-order valence-corrected chi connectivity index (χ1v) is 5.86. The highest BCUT2D eigenvalue weighted by Crippen LogP contribution is 2.21. The molecule has 14 heavy (non-hydrogen) atoms. The van der Waals surface area contributed by atoms with E-state index < -0.39 is 0 Å². The second-order valence-electron chi connectivity index (χ2n) is 3.51. The maximum atomic E-state index is 5.91. The van der Waals surface area contributed by atoms with Gasteiger partial charge in [0.2, 0.25) is 0 Å². The Labute approximate surface area is 96.6 Å².